The summed E-state index contributed by atoms with van der Waals surface area (Å²) in [5, 5.41) is 3.71. The number of fused-ring (bicyclic) bond motifs is 3. The number of imidazole rings is 1. The van der Waals surface area contributed by atoms with Crippen molar-refractivity contribution in [3.05, 3.63) is 47.5 Å². The molecule has 0 fully saturated rings. The van der Waals surface area contributed by atoms with Crippen LogP contribution < -0.4 is 10.6 Å². The van der Waals surface area contributed by atoms with E-state index in [1.54, 1.807) is 40.9 Å². The molecule has 1 amide bonds. The van der Waals surface area contributed by atoms with E-state index in [0.29, 0.717) is 28.1 Å². The zero-order chi connectivity index (χ0) is 16.8. The Bertz CT molecular complexity index is 1070. The standard InChI is InChI=1S/C16H13ClN6O/c1-9(24)22(12-5-3-11(18)4-6-12)16-20-15-19-13-8-10(17)2-7-14(13)23(15)21-16/h2-8H,18H2,1H3,(H,19,20,21). The van der Waals surface area contributed by atoms with Crippen LogP contribution in [0.5, 0.6) is 0 Å². The Morgan fingerprint density at radius 2 is 1.96 bits per heavy atom. The highest BCUT2D eigenvalue weighted by molar-refractivity contribution is 6.31. The summed E-state index contributed by atoms with van der Waals surface area (Å²) >= 11 is 5.99. The number of nitrogens with zero attached hydrogens (tertiary/aromatic N) is 4. The molecule has 3 N–H and O–H groups in total. The normalized spacial score (nSPS) is 11.2. The number of carbonyl (C=O) groups is 1. The Morgan fingerprint density at radius 3 is 2.67 bits per heavy atom. The highest BCUT2D eigenvalue weighted by atomic mass is 35.5. The molecule has 2 aromatic carbocycles. The lowest BCUT2D eigenvalue weighted by Gasteiger charge is -2.17. The molecule has 0 aliphatic heterocycles. The number of nitrogens with one attached hydrogen (secondary N) is 1. The highest BCUT2D eigenvalue weighted by Crippen LogP contribution is 2.26. The van der Waals surface area contributed by atoms with Gasteiger partial charge in [0.2, 0.25) is 11.9 Å². The van der Waals surface area contributed by atoms with E-state index in [9.17, 15) is 4.79 Å². The predicted octanol–water partition coefficient (Wildman–Crippen LogP) is 3.13. The molecule has 0 radical (unpaired) electrons. The highest BCUT2D eigenvalue weighted by Gasteiger charge is 2.20. The van der Waals surface area contributed by atoms with Gasteiger partial charge in [-0.1, -0.05) is 11.6 Å². The van der Waals surface area contributed by atoms with Gasteiger partial charge in [0.1, 0.15) is 0 Å². The van der Waals surface area contributed by atoms with Gasteiger partial charge in [0, 0.05) is 17.6 Å². The summed E-state index contributed by atoms with van der Waals surface area (Å²) in [6.45, 7) is 1.47. The maximum atomic E-state index is 12.1. The van der Waals surface area contributed by atoms with Crippen molar-refractivity contribution in [2.45, 2.75) is 6.92 Å². The van der Waals surface area contributed by atoms with E-state index in [2.05, 4.69) is 15.1 Å². The minimum absolute atomic E-state index is 0.177. The molecule has 0 aliphatic carbocycles. The van der Waals surface area contributed by atoms with Gasteiger partial charge in [-0.15, -0.1) is 0 Å². The van der Waals surface area contributed by atoms with E-state index >= 15 is 0 Å². The molecule has 2 aromatic heterocycles. The molecule has 7 nitrogen and oxygen atoms in total. The van der Waals surface area contributed by atoms with Crippen LogP contribution in [0.3, 0.4) is 0 Å². The monoisotopic (exact) mass is 340 g/mol. The van der Waals surface area contributed by atoms with Crippen LogP contribution in [0.15, 0.2) is 42.5 Å². The van der Waals surface area contributed by atoms with Gasteiger partial charge in [0.25, 0.3) is 5.78 Å². The number of amides is 1. The van der Waals surface area contributed by atoms with Crippen molar-refractivity contribution in [2.75, 3.05) is 10.6 Å². The maximum absolute atomic E-state index is 12.1. The van der Waals surface area contributed by atoms with Gasteiger partial charge in [0.15, 0.2) is 0 Å². The molecular formula is C16H13ClN6O. The fourth-order valence-corrected chi connectivity index (χ4v) is 2.79. The molecule has 0 bridgehead atoms. The lowest BCUT2D eigenvalue weighted by molar-refractivity contribution is -0.115. The Balaban J connectivity index is 1.86. The van der Waals surface area contributed by atoms with E-state index in [1.807, 2.05) is 6.07 Å². The van der Waals surface area contributed by atoms with Crippen LogP contribution in [0.4, 0.5) is 17.3 Å². The fraction of sp³-hybridized carbons (Fsp3) is 0.0625. The summed E-state index contributed by atoms with van der Waals surface area (Å²) < 4.78 is 1.72. The second-order valence-electron chi connectivity index (χ2n) is 5.37. The lowest BCUT2D eigenvalue weighted by Crippen LogP contribution is -2.24. The summed E-state index contributed by atoms with van der Waals surface area (Å²) in [7, 11) is 0. The van der Waals surface area contributed by atoms with E-state index < -0.39 is 0 Å². The number of aromatic nitrogens is 4. The van der Waals surface area contributed by atoms with Crippen molar-refractivity contribution in [3.63, 3.8) is 0 Å². The maximum Gasteiger partial charge on any atom is 0.253 e. The smallest absolute Gasteiger partial charge is 0.253 e. The fourth-order valence-electron chi connectivity index (χ4n) is 2.62. The van der Waals surface area contributed by atoms with Crippen LogP contribution >= 0.6 is 11.6 Å². The molecular weight excluding hydrogens is 328 g/mol. The average Bonchev–Trinajstić information content (AvgIpc) is 3.06. The number of rotatable bonds is 2. The van der Waals surface area contributed by atoms with E-state index in [0.717, 1.165) is 11.0 Å². The summed E-state index contributed by atoms with van der Waals surface area (Å²) in [6, 6.07) is 12.4. The van der Waals surface area contributed by atoms with Gasteiger partial charge in [-0.3, -0.25) is 9.89 Å². The first-order valence-electron chi connectivity index (χ1n) is 7.23. The SMILES string of the molecule is CC(=O)N(c1ccc(N)cc1)c1nc2nc3cc(Cl)ccc3n2[nH]1. The number of hydrogen-bond donors (Lipinski definition) is 2. The predicted molar refractivity (Wildman–Crippen MR) is 93.5 cm³/mol. The molecule has 0 saturated carbocycles. The average molecular weight is 341 g/mol. The number of benzene rings is 2. The van der Waals surface area contributed by atoms with Crippen LogP contribution in [0.1, 0.15) is 6.92 Å². The number of carbonyl (C=O) groups excluding carboxylic acids is 1. The van der Waals surface area contributed by atoms with Crippen LogP contribution in [-0.2, 0) is 4.79 Å². The van der Waals surface area contributed by atoms with Crippen molar-refractivity contribution in [2.24, 2.45) is 0 Å². The quantitative estimate of drug-likeness (QED) is 0.548. The Morgan fingerprint density at radius 1 is 1.21 bits per heavy atom. The van der Waals surface area contributed by atoms with Crippen LogP contribution in [-0.4, -0.2) is 25.5 Å². The zero-order valence-corrected chi connectivity index (χ0v) is 13.4. The van der Waals surface area contributed by atoms with Crippen molar-refractivity contribution in [1.82, 2.24) is 19.6 Å². The summed E-state index contributed by atoms with van der Waals surface area (Å²) in [4.78, 5) is 22.4. The molecule has 120 valence electrons. The second kappa shape index (κ2) is 5.24. The van der Waals surface area contributed by atoms with Crippen LogP contribution in [0, 0.1) is 0 Å². The van der Waals surface area contributed by atoms with E-state index in [1.165, 1.54) is 11.8 Å². The van der Waals surface area contributed by atoms with Gasteiger partial charge in [-0.2, -0.15) is 4.98 Å². The molecule has 8 heteroatoms. The molecule has 0 saturated heterocycles. The Hall–Kier alpha value is -3.06. The molecule has 2 heterocycles. The molecule has 0 aliphatic rings. The number of anilines is 3. The molecule has 0 spiro atoms. The molecule has 4 rings (SSSR count). The van der Waals surface area contributed by atoms with Gasteiger partial charge < -0.3 is 5.73 Å². The van der Waals surface area contributed by atoms with Crippen molar-refractivity contribution in [1.29, 1.82) is 0 Å². The number of hydrogen-bond acceptors (Lipinski definition) is 4. The van der Waals surface area contributed by atoms with Crippen molar-refractivity contribution >= 4 is 51.6 Å². The number of H-pyrrole nitrogens is 1. The number of nitrogen functional groups attached to an aromatic ring is 1. The third-order valence-corrected chi connectivity index (χ3v) is 3.93. The first-order chi connectivity index (χ1) is 11.5. The zero-order valence-electron chi connectivity index (χ0n) is 12.7. The minimum atomic E-state index is -0.177. The lowest BCUT2D eigenvalue weighted by atomic mass is 10.2. The van der Waals surface area contributed by atoms with Gasteiger partial charge in [-0.05, 0) is 42.5 Å². The minimum Gasteiger partial charge on any atom is -0.399 e. The second-order valence-corrected chi connectivity index (χ2v) is 5.81. The molecule has 0 unspecified atom stereocenters. The van der Waals surface area contributed by atoms with Crippen molar-refractivity contribution in [3.8, 4) is 0 Å². The topological polar surface area (TPSA) is 92.3 Å². The largest absolute Gasteiger partial charge is 0.399 e. The van der Waals surface area contributed by atoms with E-state index in [-0.39, 0.29) is 5.91 Å². The van der Waals surface area contributed by atoms with Crippen molar-refractivity contribution < 1.29 is 4.79 Å². The first-order valence-corrected chi connectivity index (χ1v) is 7.61. The number of aromatic amines is 1. The van der Waals surface area contributed by atoms with E-state index in [4.69, 9.17) is 17.3 Å². The molecule has 4 aromatic rings. The van der Waals surface area contributed by atoms with Crippen LogP contribution in [0.25, 0.3) is 16.8 Å². The van der Waals surface area contributed by atoms with Crippen LogP contribution in [0.2, 0.25) is 5.02 Å². The third-order valence-electron chi connectivity index (χ3n) is 3.69. The van der Waals surface area contributed by atoms with Gasteiger partial charge >= 0.3 is 0 Å². The molecule has 24 heavy (non-hydrogen) atoms. The summed E-state index contributed by atoms with van der Waals surface area (Å²) in [6.07, 6.45) is 0. The van der Waals surface area contributed by atoms with Gasteiger partial charge in [-0.25, -0.2) is 14.4 Å². The van der Waals surface area contributed by atoms with Gasteiger partial charge in [0.05, 0.1) is 16.7 Å². The summed E-state index contributed by atoms with van der Waals surface area (Å²) in [5.41, 5.74) is 8.56. The Kier molecular flexibility index (Phi) is 3.17. The molecule has 0 atom stereocenters. The number of nitrogens with two attached hydrogens (primary N) is 1. The first kappa shape index (κ1) is 14.5. The summed E-state index contributed by atoms with van der Waals surface area (Å²) in [5.74, 6) is 0.666. The third kappa shape index (κ3) is 2.26. The Labute approximate surface area is 141 Å². The number of halogens is 1.